The fourth-order valence-corrected chi connectivity index (χ4v) is 6.94. The van der Waals surface area contributed by atoms with Crippen molar-refractivity contribution in [3.63, 3.8) is 0 Å². The molecule has 0 N–H and O–H groups in total. The number of halogens is 3. The molecule has 0 bridgehead atoms. The molecule has 0 aliphatic heterocycles. The molecule has 3 aromatic carbocycles. The zero-order valence-electron chi connectivity index (χ0n) is 12.8. The summed E-state index contributed by atoms with van der Waals surface area (Å²) in [5.41, 5.74) is 1.73. The summed E-state index contributed by atoms with van der Waals surface area (Å²) in [6.45, 7) is 3.95. The second-order valence-corrected chi connectivity index (χ2v) is 9.30. The summed E-state index contributed by atoms with van der Waals surface area (Å²) < 4.78 is 41.6. The van der Waals surface area contributed by atoms with Crippen LogP contribution in [0.15, 0.2) is 85.1 Å². The van der Waals surface area contributed by atoms with Crippen LogP contribution >= 0.6 is 0 Å². The Bertz CT molecular complexity index is 778. The number of benzene rings is 3. The first-order valence-corrected chi connectivity index (χ1v) is 9.56. The molecule has 0 amide bonds. The molecular formula is C20H15F3Si. The lowest BCUT2D eigenvalue weighted by Crippen LogP contribution is -2.66. The quantitative estimate of drug-likeness (QED) is 0.505. The lowest BCUT2D eigenvalue weighted by Gasteiger charge is -2.30. The highest BCUT2D eigenvalue weighted by Gasteiger charge is 2.37. The first-order chi connectivity index (χ1) is 11.6. The molecule has 0 heterocycles. The van der Waals surface area contributed by atoms with Crippen molar-refractivity contribution in [2.24, 2.45) is 0 Å². The van der Waals surface area contributed by atoms with Crippen molar-refractivity contribution in [3.8, 4) is 0 Å². The SMILES string of the molecule is C=C[Si](c1cccc(F)c1)(c1cccc(F)c1)c1cccc(F)c1. The predicted molar refractivity (Wildman–Crippen MR) is 94.1 cm³/mol. The van der Waals surface area contributed by atoms with Gasteiger partial charge in [0.15, 0.2) is 8.07 Å². The molecule has 0 aromatic heterocycles. The van der Waals surface area contributed by atoms with Gasteiger partial charge >= 0.3 is 0 Å². The Morgan fingerprint density at radius 1 is 0.625 bits per heavy atom. The van der Waals surface area contributed by atoms with E-state index in [9.17, 15) is 13.2 Å². The fraction of sp³-hybridized carbons (Fsp3) is 0. The number of hydrogen-bond acceptors (Lipinski definition) is 0. The molecule has 0 saturated carbocycles. The minimum absolute atomic E-state index is 0.390. The van der Waals surface area contributed by atoms with Crippen molar-refractivity contribution < 1.29 is 13.2 Å². The van der Waals surface area contributed by atoms with Gasteiger partial charge in [-0.15, -0.1) is 6.58 Å². The minimum atomic E-state index is -2.95. The minimum Gasteiger partial charge on any atom is -0.207 e. The Kier molecular flexibility index (Phi) is 4.40. The molecule has 0 saturated heterocycles. The smallest absolute Gasteiger partial charge is 0.172 e. The molecule has 0 fully saturated rings. The lowest BCUT2D eigenvalue weighted by atomic mass is 10.3. The lowest BCUT2D eigenvalue weighted by molar-refractivity contribution is 0.629. The largest absolute Gasteiger partial charge is 0.207 e. The molecule has 0 unspecified atom stereocenters. The Balaban J connectivity index is 2.37. The van der Waals surface area contributed by atoms with Crippen molar-refractivity contribution in [1.82, 2.24) is 0 Å². The topological polar surface area (TPSA) is 0 Å². The molecule has 3 rings (SSSR count). The molecular weight excluding hydrogens is 325 g/mol. The predicted octanol–water partition coefficient (Wildman–Crippen LogP) is 3.30. The van der Waals surface area contributed by atoms with E-state index in [2.05, 4.69) is 6.58 Å². The second-order valence-electron chi connectivity index (χ2n) is 5.54. The molecule has 0 radical (unpaired) electrons. The van der Waals surface area contributed by atoms with Crippen molar-refractivity contribution in [1.29, 1.82) is 0 Å². The van der Waals surface area contributed by atoms with Crippen molar-refractivity contribution in [3.05, 3.63) is 103 Å². The van der Waals surface area contributed by atoms with Gasteiger partial charge in [0.25, 0.3) is 0 Å². The Morgan fingerprint density at radius 2 is 0.958 bits per heavy atom. The highest BCUT2D eigenvalue weighted by Crippen LogP contribution is 2.11. The monoisotopic (exact) mass is 340 g/mol. The summed E-state index contributed by atoms with van der Waals surface area (Å²) in [5, 5.41) is 2.07. The molecule has 4 heteroatoms. The third-order valence-corrected chi connectivity index (χ3v) is 8.42. The van der Waals surface area contributed by atoms with E-state index in [4.69, 9.17) is 0 Å². The third kappa shape index (κ3) is 2.81. The highest BCUT2D eigenvalue weighted by molar-refractivity contribution is 7.14. The van der Waals surface area contributed by atoms with E-state index >= 15 is 0 Å². The maximum Gasteiger partial charge on any atom is 0.172 e. The van der Waals surface area contributed by atoms with Crippen LogP contribution in [0.5, 0.6) is 0 Å². The Hall–Kier alpha value is -2.59. The molecule has 0 aliphatic rings. The van der Waals surface area contributed by atoms with Crippen LogP contribution in [0.3, 0.4) is 0 Å². The van der Waals surface area contributed by atoms with E-state index < -0.39 is 8.07 Å². The van der Waals surface area contributed by atoms with Gasteiger partial charge in [0.2, 0.25) is 0 Å². The fourth-order valence-electron chi connectivity index (χ4n) is 3.05. The summed E-state index contributed by atoms with van der Waals surface area (Å²) in [7, 11) is -2.95. The van der Waals surface area contributed by atoms with Gasteiger partial charge in [-0.05, 0) is 52.0 Å². The van der Waals surface area contributed by atoms with Gasteiger partial charge in [0.05, 0.1) is 0 Å². The van der Waals surface area contributed by atoms with Crippen LogP contribution < -0.4 is 15.6 Å². The van der Waals surface area contributed by atoms with Crippen LogP contribution in [0.1, 0.15) is 0 Å². The first-order valence-electron chi connectivity index (χ1n) is 7.48. The zero-order chi connectivity index (χ0) is 17.2. The number of hydrogen-bond donors (Lipinski definition) is 0. The summed E-state index contributed by atoms with van der Waals surface area (Å²) >= 11 is 0. The molecule has 0 aliphatic carbocycles. The zero-order valence-corrected chi connectivity index (χ0v) is 13.8. The average Bonchev–Trinajstić information content (AvgIpc) is 2.56. The number of rotatable bonds is 4. The van der Waals surface area contributed by atoms with E-state index in [0.717, 1.165) is 0 Å². The molecule has 0 spiro atoms. The van der Waals surface area contributed by atoms with Crippen molar-refractivity contribution in [2.75, 3.05) is 0 Å². The van der Waals surface area contributed by atoms with Crippen LogP contribution in [0, 0.1) is 17.5 Å². The second kappa shape index (κ2) is 6.49. The van der Waals surface area contributed by atoms with E-state index in [0.29, 0.717) is 15.6 Å². The Labute approximate surface area is 139 Å². The normalized spacial score (nSPS) is 11.3. The summed E-state index contributed by atoms with van der Waals surface area (Å²) in [4.78, 5) is 0. The van der Waals surface area contributed by atoms with Crippen molar-refractivity contribution in [2.45, 2.75) is 0 Å². The van der Waals surface area contributed by atoms with E-state index in [1.54, 1.807) is 42.1 Å². The van der Waals surface area contributed by atoms with E-state index in [-0.39, 0.29) is 17.5 Å². The average molecular weight is 340 g/mol. The van der Waals surface area contributed by atoms with Gasteiger partial charge in [0, 0.05) is 0 Å². The van der Waals surface area contributed by atoms with Crippen LogP contribution in [0.4, 0.5) is 13.2 Å². The maximum absolute atomic E-state index is 13.9. The highest BCUT2D eigenvalue weighted by atomic mass is 28.3. The maximum atomic E-state index is 13.9. The van der Waals surface area contributed by atoms with Crippen molar-refractivity contribution >= 4 is 23.6 Å². The summed E-state index contributed by atoms with van der Waals surface area (Å²) in [6, 6.07) is 18.5. The molecule has 0 atom stereocenters. The van der Waals surface area contributed by atoms with E-state index in [1.807, 2.05) is 0 Å². The standard InChI is InChI=1S/C20H15F3Si/c1-2-24(18-9-3-6-15(21)12-18,19-10-4-7-16(22)13-19)20-11-5-8-17(23)14-20/h2-14H,1H2. The van der Waals surface area contributed by atoms with E-state index in [1.165, 1.54) is 36.4 Å². The summed E-state index contributed by atoms with van der Waals surface area (Å²) in [6.07, 6.45) is 0. The first kappa shape index (κ1) is 16.3. The van der Waals surface area contributed by atoms with Crippen LogP contribution in [0.25, 0.3) is 0 Å². The summed E-state index contributed by atoms with van der Waals surface area (Å²) in [5.74, 6) is -1.17. The van der Waals surface area contributed by atoms with Crippen LogP contribution in [-0.2, 0) is 0 Å². The Morgan fingerprint density at radius 3 is 1.21 bits per heavy atom. The van der Waals surface area contributed by atoms with Gasteiger partial charge in [-0.2, -0.15) is 0 Å². The van der Waals surface area contributed by atoms with Crippen LogP contribution in [-0.4, -0.2) is 8.07 Å². The van der Waals surface area contributed by atoms with Gasteiger partial charge in [-0.1, -0.05) is 42.1 Å². The van der Waals surface area contributed by atoms with Crippen LogP contribution in [0.2, 0.25) is 0 Å². The van der Waals surface area contributed by atoms with Gasteiger partial charge in [-0.25, -0.2) is 13.2 Å². The van der Waals surface area contributed by atoms with Gasteiger partial charge in [0.1, 0.15) is 17.5 Å². The van der Waals surface area contributed by atoms with Gasteiger partial charge < -0.3 is 0 Å². The third-order valence-electron chi connectivity index (χ3n) is 4.15. The van der Waals surface area contributed by atoms with Gasteiger partial charge in [-0.3, -0.25) is 0 Å². The molecule has 0 nitrogen and oxygen atoms in total. The molecule has 120 valence electrons. The molecule has 3 aromatic rings. The molecule has 24 heavy (non-hydrogen) atoms.